The minimum Gasteiger partial charge on any atom is -0.0654 e. The van der Waals surface area contributed by atoms with Crippen molar-refractivity contribution in [2.75, 3.05) is 0 Å². The molecule has 2 atom stereocenters. The molecule has 0 aromatic heterocycles. The van der Waals surface area contributed by atoms with Crippen LogP contribution < -0.4 is 0 Å². The summed E-state index contributed by atoms with van der Waals surface area (Å²) in [6.45, 7) is 9.36. The zero-order valence-electron chi connectivity index (χ0n) is 22.1. The molecule has 0 nitrogen and oxygen atoms in total. The summed E-state index contributed by atoms with van der Waals surface area (Å²) in [4.78, 5) is 0. The molecule has 0 rings (SSSR count). The van der Waals surface area contributed by atoms with Crippen molar-refractivity contribution in [1.82, 2.24) is 0 Å². The van der Waals surface area contributed by atoms with Crippen LogP contribution in [0.15, 0.2) is 0 Å². The minimum atomic E-state index is 1.03. The Labute approximate surface area is 193 Å². The van der Waals surface area contributed by atoms with E-state index in [1.165, 1.54) is 148 Å². The first-order chi connectivity index (χ1) is 14.8. The van der Waals surface area contributed by atoms with Gasteiger partial charge in [0.2, 0.25) is 0 Å². The van der Waals surface area contributed by atoms with Crippen LogP contribution in [0.4, 0.5) is 0 Å². The molecule has 0 heteroatoms. The van der Waals surface area contributed by atoms with E-state index in [-0.39, 0.29) is 0 Å². The molecule has 0 aliphatic rings. The predicted octanol–water partition coefficient (Wildman–Crippen LogP) is 11.7. The average molecular weight is 423 g/mol. The van der Waals surface area contributed by atoms with Gasteiger partial charge in [0.05, 0.1) is 0 Å². The molecule has 0 aromatic rings. The highest BCUT2D eigenvalue weighted by molar-refractivity contribution is 4.69. The predicted molar refractivity (Wildman–Crippen MR) is 140 cm³/mol. The van der Waals surface area contributed by atoms with Crippen LogP contribution in [0.25, 0.3) is 0 Å². The molecule has 0 aliphatic carbocycles. The van der Waals surface area contributed by atoms with Crippen LogP contribution in [-0.4, -0.2) is 0 Å². The van der Waals surface area contributed by atoms with Crippen LogP contribution in [0.5, 0.6) is 0 Å². The van der Waals surface area contributed by atoms with Crippen molar-refractivity contribution < 1.29 is 0 Å². The lowest BCUT2D eigenvalue weighted by Gasteiger charge is -2.24. The second-order valence-corrected chi connectivity index (χ2v) is 10.4. The van der Waals surface area contributed by atoms with Crippen molar-refractivity contribution in [3.63, 3.8) is 0 Å². The van der Waals surface area contributed by atoms with E-state index in [1.807, 2.05) is 0 Å². The van der Waals surface area contributed by atoms with E-state index in [2.05, 4.69) is 27.7 Å². The molecule has 0 spiro atoms. The summed E-state index contributed by atoms with van der Waals surface area (Å²) in [5.41, 5.74) is 0. The molecule has 0 bridgehead atoms. The lowest BCUT2D eigenvalue weighted by atomic mass is 9.82. The van der Waals surface area contributed by atoms with Gasteiger partial charge in [-0.3, -0.25) is 0 Å². The maximum atomic E-state index is 2.36. The van der Waals surface area contributed by atoms with Crippen LogP contribution in [-0.2, 0) is 0 Å². The molecule has 0 saturated carbocycles. The Kier molecular flexibility index (Phi) is 25.3. The number of hydrogen-bond donors (Lipinski definition) is 0. The molecule has 2 unspecified atom stereocenters. The highest BCUT2D eigenvalue weighted by Crippen LogP contribution is 2.31. The zero-order chi connectivity index (χ0) is 22.1. The van der Waals surface area contributed by atoms with E-state index < -0.39 is 0 Å². The first-order valence-corrected chi connectivity index (χ1v) is 14.8. The number of hydrogen-bond acceptors (Lipinski definition) is 0. The van der Waals surface area contributed by atoms with Gasteiger partial charge in [-0.2, -0.15) is 0 Å². The van der Waals surface area contributed by atoms with Gasteiger partial charge in [-0.25, -0.2) is 0 Å². The van der Waals surface area contributed by atoms with Gasteiger partial charge in [0.25, 0.3) is 0 Å². The highest BCUT2D eigenvalue weighted by Gasteiger charge is 2.16. The molecule has 0 aromatic carbocycles. The SMILES string of the molecule is CCCCCCCCC(CCCCC)CC(CCCCCC)CCCCCCCC. The van der Waals surface area contributed by atoms with E-state index in [1.54, 1.807) is 6.42 Å². The van der Waals surface area contributed by atoms with Gasteiger partial charge in [-0.05, 0) is 18.3 Å². The average Bonchev–Trinajstić information content (AvgIpc) is 2.75. The van der Waals surface area contributed by atoms with E-state index in [0.29, 0.717) is 0 Å². The summed E-state index contributed by atoms with van der Waals surface area (Å²) in [6.07, 6.45) is 35.3. The molecule has 0 saturated heterocycles. The molecule has 0 radical (unpaired) electrons. The van der Waals surface area contributed by atoms with Crippen molar-refractivity contribution in [2.24, 2.45) is 11.8 Å². The van der Waals surface area contributed by atoms with E-state index in [4.69, 9.17) is 0 Å². The highest BCUT2D eigenvalue weighted by atomic mass is 14.2. The fraction of sp³-hybridized carbons (Fsp3) is 1.00. The van der Waals surface area contributed by atoms with Crippen LogP contribution in [0.1, 0.15) is 182 Å². The second-order valence-electron chi connectivity index (χ2n) is 10.4. The summed E-state index contributed by atoms with van der Waals surface area (Å²) in [5.74, 6) is 2.05. The Balaban J connectivity index is 4.41. The third-order valence-corrected chi connectivity index (χ3v) is 7.28. The molecule has 0 N–H and O–H groups in total. The molecule has 0 heterocycles. The van der Waals surface area contributed by atoms with Gasteiger partial charge in [0.15, 0.2) is 0 Å². The minimum absolute atomic E-state index is 1.03. The molecule has 0 amide bonds. The maximum Gasteiger partial charge on any atom is -0.0412 e. The summed E-state index contributed by atoms with van der Waals surface area (Å²) in [6, 6.07) is 0. The van der Waals surface area contributed by atoms with E-state index >= 15 is 0 Å². The van der Waals surface area contributed by atoms with Gasteiger partial charge in [-0.1, -0.05) is 175 Å². The van der Waals surface area contributed by atoms with Crippen molar-refractivity contribution >= 4 is 0 Å². The summed E-state index contributed by atoms with van der Waals surface area (Å²) in [7, 11) is 0. The quantitative estimate of drug-likeness (QED) is 0.128. The van der Waals surface area contributed by atoms with Gasteiger partial charge in [0.1, 0.15) is 0 Å². The Bertz CT molecular complexity index is 294. The van der Waals surface area contributed by atoms with Crippen molar-refractivity contribution in [1.29, 1.82) is 0 Å². The third-order valence-electron chi connectivity index (χ3n) is 7.28. The van der Waals surface area contributed by atoms with E-state index in [0.717, 1.165) is 11.8 Å². The monoisotopic (exact) mass is 422 g/mol. The fourth-order valence-corrected chi connectivity index (χ4v) is 5.20. The number of rotatable bonds is 25. The fourth-order valence-electron chi connectivity index (χ4n) is 5.20. The van der Waals surface area contributed by atoms with Crippen molar-refractivity contribution in [3.8, 4) is 0 Å². The topological polar surface area (TPSA) is 0 Å². The summed E-state index contributed by atoms with van der Waals surface area (Å²) < 4.78 is 0. The largest absolute Gasteiger partial charge is 0.0654 e. The van der Waals surface area contributed by atoms with Gasteiger partial charge < -0.3 is 0 Å². The summed E-state index contributed by atoms with van der Waals surface area (Å²) >= 11 is 0. The molecule has 0 aliphatic heterocycles. The molecular formula is C30H62. The zero-order valence-corrected chi connectivity index (χ0v) is 22.1. The van der Waals surface area contributed by atoms with Crippen molar-refractivity contribution in [2.45, 2.75) is 182 Å². The van der Waals surface area contributed by atoms with Crippen LogP contribution >= 0.6 is 0 Å². The van der Waals surface area contributed by atoms with Crippen LogP contribution in [0.3, 0.4) is 0 Å². The molecule has 30 heavy (non-hydrogen) atoms. The van der Waals surface area contributed by atoms with Gasteiger partial charge in [0, 0.05) is 0 Å². The first kappa shape index (κ1) is 30.0. The maximum absolute atomic E-state index is 2.36. The molecular weight excluding hydrogens is 360 g/mol. The lowest BCUT2D eigenvalue weighted by Crippen LogP contribution is -2.10. The van der Waals surface area contributed by atoms with Crippen molar-refractivity contribution in [3.05, 3.63) is 0 Å². The van der Waals surface area contributed by atoms with E-state index in [9.17, 15) is 0 Å². The number of unbranched alkanes of at least 4 members (excludes halogenated alkanes) is 15. The summed E-state index contributed by atoms with van der Waals surface area (Å²) in [5, 5.41) is 0. The van der Waals surface area contributed by atoms with Crippen LogP contribution in [0.2, 0.25) is 0 Å². The smallest absolute Gasteiger partial charge is 0.0412 e. The normalized spacial score (nSPS) is 13.6. The van der Waals surface area contributed by atoms with Gasteiger partial charge >= 0.3 is 0 Å². The molecule has 182 valence electrons. The Morgan fingerprint density at radius 3 is 0.900 bits per heavy atom. The Hall–Kier alpha value is 0. The first-order valence-electron chi connectivity index (χ1n) is 14.8. The van der Waals surface area contributed by atoms with Gasteiger partial charge in [-0.15, -0.1) is 0 Å². The lowest BCUT2D eigenvalue weighted by molar-refractivity contribution is 0.283. The third kappa shape index (κ3) is 21.2. The second kappa shape index (κ2) is 25.3. The van der Waals surface area contributed by atoms with Crippen LogP contribution in [0, 0.1) is 11.8 Å². The Morgan fingerprint density at radius 1 is 0.300 bits per heavy atom. The standard InChI is InChI=1S/C30H62/c1-5-9-13-16-18-22-26-29(24-20-12-8-4)28-30(25-21-15-11-7-3)27-23-19-17-14-10-6-2/h29-30H,5-28H2,1-4H3. The Morgan fingerprint density at radius 2 is 0.533 bits per heavy atom. The molecule has 0 fully saturated rings.